The van der Waals surface area contributed by atoms with Crippen LogP contribution in [-0.4, -0.2) is 21.0 Å². The Kier molecular flexibility index (Phi) is 4.49. The number of aryl methyl sites for hydroxylation is 2. The zero-order chi connectivity index (χ0) is 14.7. The van der Waals surface area contributed by atoms with Gasteiger partial charge in [-0.05, 0) is 38.0 Å². The van der Waals surface area contributed by atoms with E-state index in [-0.39, 0.29) is 0 Å². The molecule has 0 saturated carbocycles. The van der Waals surface area contributed by atoms with Crippen molar-refractivity contribution in [3.63, 3.8) is 0 Å². The molecule has 5 heteroatoms. The van der Waals surface area contributed by atoms with E-state index in [1.54, 1.807) is 6.20 Å². The summed E-state index contributed by atoms with van der Waals surface area (Å²) in [6, 6.07) is 7.64. The molecule has 0 radical (unpaired) electrons. The van der Waals surface area contributed by atoms with Gasteiger partial charge in [0, 0.05) is 10.7 Å². The van der Waals surface area contributed by atoms with Gasteiger partial charge < -0.3 is 5.11 Å². The summed E-state index contributed by atoms with van der Waals surface area (Å²) in [5.41, 5.74) is 3.04. The largest absolute Gasteiger partial charge is 0.481 e. The molecule has 2 aromatic rings. The zero-order valence-electron chi connectivity index (χ0n) is 11.3. The number of carboxylic acids is 1. The van der Waals surface area contributed by atoms with Gasteiger partial charge in [-0.25, -0.2) is 0 Å². The Morgan fingerprint density at radius 1 is 1.35 bits per heavy atom. The Morgan fingerprint density at radius 2 is 2.10 bits per heavy atom. The van der Waals surface area contributed by atoms with Crippen LogP contribution in [0.15, 0.2) is 34.9 Å². The maximum Gasteiger partial charge on any atom is 0.312 e. The van der Waals surface area contributed by atoms with E-state index in [2.05, 4.69) is 25.9 Å². The molecule has 20 heavy (non-hydrogen) atoms. The summed E-state index contributed by atoms with van der Waals surface area (Å²) in [7, 11) is 0. The van der Waals surface area contributed by atoms with E-state index in [1.165, 1.54) is 0 Å². The van der Waals surface area contributed by atoms with Crippen molar-refractivity contribution in [2.75, 3.05) is 0 Å². The molecule has 2 rings (SSSR count). The highest BCUT2D eigenvalue weighted by molar-refractivity contribution is 9.10. The average molecular weight is 335 g/mol. The van der Waals surface area contributed by atoms with Crippen LogP contribution in [0.5, 0.6) is 0 Å². The number of carboxylic acid groups (broad SMARTS) is 1. The fourth-order valence-electron chi connectivity index (χ4n) is 1.95. The van der Waals surface area contributed by atoms with Crippen LogP contribution >= 0.6 is 15.9 Å². The van der Waals surface area contributed by atoms with Crippen molar-refractivity contribution in [3.8, 4) is 0 Å². The van der Waals surface area contributed by atoms with Crippen molar-refractivity contribution in [2.45, 2.75) is 26.2 Å². The molecule has 1 aromatic heterocycles. The molecule has 0 spiro atoms. The summed E-state index contributed by atoms with van der Waals surface area (Å²) in [4.78, 5) is 20.1. The zero-order valence-corrected chi connectivity index (χ0v) is 12.9. The molecular formula is C15H15BrN2O2. The monoisotopic (exact) mass is 334 g/mol. The van der Waals surface area contributed by atoms with Crippen LogP contribution in [0.3, 0.4) is 0 Å². The van der Waals surface area contributed by atoms with E-state index in [0.29, 0.717) is 12.1 Å². The predicted octanol–water partition coefficient (Wildman–Crippen LogP) is 3.27. The van der Waals surface area contributed by atoms with Crippen molar-refractivity contribution in [3.05, 3.63) is 57.6 Å². The smallest absolute Gasteiger partial charge is 0.312 e. The van der Waals surface area contributed by atoms with Gasteiger partial charge >= 0.3 is 5.97 Å². The molecule has 0 saturated heterocycles. The molecule has 1 unspecified atom stereocenters. The van der Waals surface area contributed by atoms with Crippen LogP contribution < -0.4 is 0 Å². The van der Waals surface area contributed by atoms with Crippen molar-refractivity contribution in [1.82, 2.24) is 9.97 Å². The molecule has 1 aromatic carbocycles. The third-order valence-corrected chi connectivity index (χ3v) is 3.69. The van der Waals surface area contributed by atoms with Crippen LogP contribution in [-0.2, 0) is 11.2 Å². The first-order valence-corrected chi connectivity index (χ1v) is 7.04. The molecule has 1 N–H and O–H groups in total. The number of nitrogens with zero attached hydrogens (tertiary/aromatic N) is 2. The normalized spacial score (nSPS) is 12.2. The Balaban J connectivity index is 2.32. The molecular weight excluding hydrogens is 320 g/mol. The SMILES string of the molecule is Cc1ncc(C(Cc2cccc(Br)c2)C(=O)O)nc1C. The summed E-state index contributed by atoms with van der Waals surface area (Å²) >= 11 is 3.39. The van der Waals surface area contributed by atoms with E-state index >= 15 is 0 Å². The third-order valence-electron chi connectivity index (χ3n) is 3.19. The molecule has 0 aliphatic carbocycles. The molecule has 1 atom stereocenters. The lowest BCUT2D eigenvalue weighted by Gasteiger charge is -2.13. The highest BCUT2D eigenvalue weighted by Gasteiger charge is 2.22. The topological polar surface area (TPSA) is 63.1 Å². The van der Waals surface area contributed by atoms with Crippen molar-refractivity contribution >= 4 is 21.9 Å². The van der Waals surface area contributed by atoms with E-state index in [0.717, 1.165) is 21.4 Å². The molecule has 0 aliphatic heterocycles. The number of aliphatic carboxylic acids is 1. The Hall–Kier alpha value is -1.75. The molecule has 4 nitrogen and oxygen atoms in total. The predicted molar refractivity (Wildman–Crippen MR) is 79.7 cm³/mol. The van der Waals surface area contributed by atoms with Gasteiger partial charge in [-0.3, -0.25) is 14.8 Å². The highest BCUT2D eigenvalue weighted by atomic mass is 79.9. The van der Waals surface area contributed by atoms with Gasteiger partial charge in [0.25, 0.3) is 0 Å². The van der Waals surface area contributed by atoms with Crippen LogP contribution in [0, 0.1) is 13.8 Å². The molecule has 104 valence electrons. The molecule has 1 heterocycles. The lowest BCUT2D eigenvalue weighted by atomic mass is 9.96. The van der Waals surface area contributed by atoms with Crippen molar-refractivity contribution < 1.29 is 9.90 Å². The second kappa shape index (κ2) is 6.13. The summed E-state index contributed by atoms with van der Waals surface area (Å²) in [6.45, 7) is 3.69. The quantitative estimate of drug-likeness (QED) is 0.931. The van der Waals surface area contributed by atoms with Gasteiger partial charge in [0.1, 0.15) is 5.92 Å². The fourth-order valence-corrected chi connectivity index (χ4v) is 2.39. The first kappa shape index (κ1) is 14.7. The van der Waals surface area contributed by atoms with Crippen molar-refractivity contribution in [2.24, 2.45) is 0 Å². The average Bonchev–Trinajstić information content (AvgIpc) is 2.39. The van der Waals surface area contributed by atoms with E-state index in [1.807, 2.05) is 38.1 Å². The Bertz CT molecular complexity index is 644. The van der Waals surface area contributed by atoms with Gasteiger partial charge in [0.05, 0.1) is 17.1 Å². The number of hydrogen-bond acceptors (Lipinski definition) is 3. The standard InChI is InChI=1S/C15H15BrN2O2/c1-9-10(2)18-14(8-17-9)13(15(19)20)7-11-4-3-5-12(16)6-11/h3-6,8,13H,7H2,1-2H3,(H,19,20). The van der Waals surface area contributed by atoms with E-state index in [4.69, 9.17) is 0 Å². The second-order valence-electron chi connectivity index (χ2n) is 4.69. The van der Waals surface area contributed by atoms with Crippen molar-refractivity contribution in [1.29, 1.82) is 0 Å². The van der Waals surface area contributed by atoms with E-state index in [9.17, 15) is 9.90 Å². The summed E-state index contributed by atoms with van der Waals surface area (Å²) < 4.78 is 0.935. The number of aromatic nitrogens is 2. The minimum Gasteiger partial charge on any atom is -0.481 e. The number of halogens is 1. The Labute approximate surface area is 126 Å². The first-order valence-electron chi connectivity index (χ1n) is 6.24. The molecule has 0 aliphatic rings. The highest BCUT2D eigenvalue weighted by Crippen LogP contribution is 2.22. The van der Waals surface area contributed by atoms with Crippen LogP contribution in [0.4, 0.5) is 0 Å². The van der Waals surface area contributed by atoms with Gasteiger partial charge in [0.15, 0.2) is 0 Å². The fraction of sp³-hybridized carbons (Fsp3) is 0.267. The van der Waals surface area contributed by atoms with Gasteiger partial charge in [-0.15, -0.1) is 0 Å². The third kappa shape index (κ3) is 3.42. The van der Waals surface area contributed by atoms with Crippen LogP contribution in [0.2, 0.25) is 0 Å². The van der Waals surface area contributed by atoms with Crippen LogP contribution in [0.1, 0.15) is 28.6 Å². The summed E-state index contributed by atoms with van der Waals surface area (Å²) in [6.07, 6.45) is 1.95. The minimum atomic E-state index is -0.887. The summed E-state index contributed by atoms with van der Waals surface area (Å²) in [5.74, 6) is -1.57. The number of benzene rings is 1. The lowest BCUT2D eigenvalue weighted by molar-refractivity contribution is -0.138. The molecule has 0 bridgehead atoms. The Morgan fingerprint density at radius 3 is 2.70 bits per heavy atom. The van der Waals surface area contributed by atoms with Gasteiger partial charge in [-0.2, -0.15) is 0 Å². The van der Waals surface area contributed by atoms with Gasteiger partial charge in [0.2, 0.25) is 0 Å². The molecule has 0 amide bonds. The van der Waals surface area contributed by atoms with Crippen LogP contribution in [0.25, 0.3) is 0 Å². The number of carbonyl (C=O) groups is 1. The first-order chi connectivity index (χ1) is 9.47. The summed E-state index contributed by atoms with van der Waals surface area (Å²) in [5, 5.41) is 9.44. The maximum absolute atomic E-state index is 11.5. The lowest BCUT2D eigenvalue weighted by Crippen LogP contribution is -2.17. The van der Waals surface area contributed by atoms with Gasteiger partial charge in [-0.1, -0.05) is 28.1 Å². The minimum absolute atomic E-state index is 0.395. The molecule has 0 fully saturated rings. The maximum atomic E-state index is 11.5. The second-order valence-corrected chi connectivity index (χ2v) is 5.61. The number of rotatable bonds is 4. The number of hydrogen-bond donors (Lipinski definition) is 1. The van der Waals surface area contributed by atoms with E-state index < -0.39 is 11.9 Å².